The Kier molecular flexibility index (Phi) is 7.72. The molecule has 0 atom stereocenters. The lowest BCUT2D eigenvalue weighted by molar-refractivity contribution is -0.114. The van der Waals surface area contributed by atoms with Crippen molar-refractivity contribution in [2.24, 2.45) is 4.99 Å². The third kappa shape index (κ3) is 5.66. The average molecular weight is 490 g/mol. The van der Waals surface area contributed by atoms with Gasteiger partial charge in [0.15, 0.2) is 16.7 Å². The summed E-state index contributed by atoms with van der Waals surface area (Å²) in [5.41, 5.74) is 3.00. The number of benzene rings is 2. The van der Waals surface area contributed by atoms with Crippen molar-refractivity contribution < 1.29 is 19.0 Å². The van der Waals surface area contributed by atoms with Crippen LogP contribution in [0, 0.1) is 12.3 Å². The quantitative estimate of drug-likeness (QED) is 0.275. The number of aryl methyl sites for hydroxylation is 1. The summed E-state index contributed by atoms with van der Waals surface area (Å²) in [6, 6.07) is 11.7. The molecule has 1 N–H and O–H groups in total. The molecule has 2 aromatic rings. The van der Waals surface area contributed by atoms with Gasteiger partial charge in [-0.1, -0.05) is 35.5 Å². The first-order valence-electron chi connectivity index (χ1n) is 11.2. The fourth-order valence-corrected chi connectivity index (χ4v) is 4.35. The van der Waals surface area contributed by atoms with E-state index in [0.717, 1.165) is 16.9 Å². The molecule has 2 aliphatic heterocycles. The first-order chi connectivity index (χ1) is 17.0. The highest BCUT2D eigenvalue weighted by Gasteiger charge is 2.31. The van der Waals surface area contributed by atoms with Gasteiger partial charge in [0.05, 0.1) is 25.9 Å². The predicted molar refractivity (Wildman–Crippen MR) is 140 cm³/mol. The zero-order valence-corrected chi connectivity index (χ0v) is 20.6. The van der Waals surface area contributed by atoms with E-state index in [0.29, 0.717) is 42.7 Å². The SMILES string of the molecule is C=CCc1cc(/C=C2/C(=N)N3C=CSC3=NC2=O)cc(OC)c1OCCCOc1ccc(C)cc1. The highest BCUT2D eigenvalue weighted by Crippen LogP contribution is 2.35. The summed E-state index contributed by atoms with van der Waals surface area (Å²) in [6.07, 6.45) is 6.44. The number of thioether (sulfide) groups is 1. The minimum absolute atomic E-state index is 0.0967. The second-order valence-electron chi connectivity index (χ2n) is 7.95. The first kappa shape index (κ1) is 24.3. The maximum atomic E-state index is 12.6. The summed E-state index contributed by atoms with van der Waals surface area (Å²) in [4.78, 5) is 18.2. The highest BCUT2D eigenvalue weighted by atomic mass is 32.2. The standard InChI is InChI=1S/C27H27N3O4S/c1-4-6-20-15-19(16-22-25(28)30-11-14-35-27(30)29-26(22)31)17-23(32-3)24(20)34-13-5-12-33-21-9-7-18(2)8-10-21/h4,7-11,14-17,28H,1,5-6,12-13H2,2-3H3/b22-16-,28-25?. The van der Waals surface area contributed by atoms with Crippen LogP contribution in [0.15, 0.2) is 71.2 Å². The van der Waals surface area contributed by atoms with Crippen molar-refractivity contribution in [2.75, 3.05) is 20.3 Å². The molecule has 0 spiro atoms. The molecule has 0 unspecified atom stereocenters. The zero-order chi connectivity index (χ0) is 24.8. The molecule has 8 heteroatoms. The van der Waals surface area contributed by atoms with Gasteiger partial charge in [0.2, 0.25) is 0 Å². The summed E-state index contributed by atoms with van der Waals surface area (Å²) in [6.45, 7) is 6.87. The average Bonchev–Trinajstić information content (AvgIpc) is 3.32. The van der Waals surface area contributed by atoms with Gasteiger partial charge in [-0.05, 0) is 54.7 Å². The van der Waals surface area contributed by atoms with Crippen LogP contribution in [0.4, 0.5) is 0 Å². The fourth-order valence-electron chi connectivity index (χ4n) is 3.65. The molecule has 7 nitrogen and oxygen atoms in total. The molecule has 2 aromatic carbocycles. The predicted octanol–water partition coefficient (Wildman–Crippen LogP) is 5.36. The highest BCUT2D eigenvalue weighted by molar-refractivity contribution is 8.16. The van der Waals surface area contributed by atoms with Gasteiger partial charge in [-0.25, -0.2) is 0 Å². The summed E-state index contributed by atoms with van der Waals surface area (Å²) >= 11 is 1.32. The van der Waals surface area contributed by atoms with E-state index in [4.69, 9.17) is 19.6 Å². The van der Waals surface area contributed by atoms with E-state index in [1.807, 2.05) is 37.3 Å². The summed E-state index contributed by atoms with van der Waals surface area (Å²) in [5, 5.41) is 10.7. The maximum Gasteiger partial charge on any atom is 0.283 e. The third-order valence-corrected chi connectivity index (χ3v) is 6.14. The fraction of sp³-hybridized carbons (Fsp3) is 0.222. The van der Waals surface area contributed by atoms with Gasteiger partial charge in [-0.15, -0.1) is 6.58 Å². The number of nitrogens with one attached hydrogen (secondary N) is 1. The van der Waals surface area contributed by atoms with Crippen LogP contribution in [-0.4, -0.2) is 42.1 Å². The van der Waals surface area contributed by atoms with Crippen LogP contribution < -0.4 is 14.2 Å². The first-order valence-corrected chi connectivity index (χ1v) is 12.1. The number of amides is 1. The molecule has 0 saturated heterocycles. The van der Waals surface area contributed by atoms with Crippen LogP contribution in [0.3, 0.4) is 0 Å². The Labute approximate surface area is 209 Å². The molecule has 180 valence electrons. The van der Waals surface area contributed by atoms with E-state index >= 15 is 0 Å². The summed E-state index contributed by atoms with van der Waals surface area (Å²) in [5.74, 6) is 1.68. The van der Waals surface area contributed by atoms with Crippen LogP contribution in [0.5, 0.6) is 17.2 Å². The van der Waals surface area contributed by atoms with E-state index in [1.54, 1.807) is 41.8 Å². The molecule has 0 saturated carbocycles. The van der Waals surface area contributed by atoms with Crippen LogP contribution in [0.2, 0.25) is 0 Å². The monoisotopic (exact) mass is 489 g/mol. The molecule has 0 bridgehead atoms. The number of methoxy groups -OCH3 is 1. The molecular formula is C27H27N3O4S. The van der Waals surface area contributed by atoms with E-state index in [9.17, 15) is 4.79 Å². The van der Waals surface area contributed by atoms with Crippen LogP contribution >= 0.6 is 11.8 Å². The molecule has 0 aromatic heterocycles. The number of carbonyl (C=O) groups excluding carboxylic acids is 1. The van der Waals surface area contributed by atoms with Crippen molar-refractivity contribution in [3.8, 4) is 17.2 Å². The lowest BCUT2D eigenvalue weighted by atomic mass is 10.0. The van der Waals surface area contributed by atoms with Gasteiger partial charge in [0, 0.05) is 18.2 Å². The molecule has 0 radical (unpaired) electrons. The van der Waals surface area contributed by atoms with Crippen molar-refractivity contribution in [3.05, 3.63) is 82.9 Å². The number of ether oxygens (including phenoxy) is 3. The number of nitrogens with zero attached hydrogens (tertiary/aromatic N) is 2. The maximum absolute atomic E-state index is 12.6. The lowest BCUT2D eigenvalue weighted by Crippen LogP contribution is -2.35. The second-order valence-corrected chi connectivity index (χ2v) is 8.82. The normalized spacial score (nSPS) is 15.8. The number of carbonyl (C=O) groups is 1. The molecule has 2 heterocycles. The number of amidine groups is 2. The van der Waals surface area contributed by atoms with E-state index < -0.39 is 5.91 Å². The van der Waals surface area contributed by atoms with Crippen molar-refractivity contribution in [2.45, 2.75) is 19.8 Å². The largest absolute Gasteiger partial charge is 0.493 e. The topological polar surface area (TPSA) is 84.2 Å². The van der Waals surface area contributed by atoms with Crippen LogP contribution in [0.25, 0.3) is 6.08 Å². The molecule has 0 fully saturated rings. The van der Waals surface area contributed by atoms with E-state index in [-0.39, 0.29) is 11.4 Å². The number of hydrogen-bond acceptors (Lipinski definition) is 6. The molecule has 0 aliphatic carbocycles. The minimum atomic E-state index is -0.435. The van der Waals surface area contributed by atoms with Crippen molar-refractivity contribution in [1.82, 2.24) is 4.90 Å². The number of allylic oxidation sites excluding steroid dienone is 1. The van der Waals surface area contributed by atoms with Crippen molar-refractivity contribution >= 4 is 34.7 Å². The van der Waals surface area contributed by atoms with Gasteiger partial charge < -0.3 is 14.2 Å². The Balaban J connectivity index is 1.49. The number of fused-ring (bicyclic) bond motifs is 1. The van der Waals surface area contributed by atoms with Gasteiger partial charge in [-0.3, -0.25) is 15.1 Å². The van der Waals surface area contributed by atoms with Gasteiger partial charge in [-0.2, -0.15) is 4.99 Å². The Morgan fingerprint density at radius 2 is 1.94 bits per heavy atom. The van der Waals surface area contributed by atoms with Gasteiger partial charge in [0.1, 0.15) is 11.6 Å². The molecule has 2 aliphatic rings. The van der Waals surface area contributed by atoms with E-state index in [1.165, 1.54) is 17.3 Å². The van der Waals surface area contributed by atoms with Gasteiger partial charge >= 0.3 is 0 Å². The Morgan fingerprint density at radius 3 is 2.69 bits per heavy atom. The van der Waals surface area contributed by atoms with Gasteiger partial charge in [0.25, 0.3) is 5.91 Å². The molecular weight excluding hydrogens is 462 g/mol. The molecule has 1 amide bonds. The van der Waals surface area contributed by atoms with Crippen LogP contribution in [0.1, 0.15) is 23.1 Å². The lowest BCUT2D eigenvalue weighted by Gasteiger charge is -2.22. The summed E-state index contributed by atoms with van der Waals surface area (Å²) < 4.78 is 17.5. The second kappa shape index (κ2) is 11.1. The Hall–Kier alpha value is -3.78. The minimum Gasteiger partial charge on any atom is -0.493 e. The smallest absolute Gasteiger partial charge is 0.283 e. The molecule has 4 rings (SSSR count). The Morgan fingerprint density at radius 1 is 1.17 bits per heavy atom. The van der Waals surface area contributed by atoms with E-state index in [2.05, 4.69) is 11.6 Å². The van der Waals surface area contributed by atoms with Crippen molar-refractivity contribution in [1.29, 1.82) is 5.41 Å². The Bertz CT molecular complexity index is 1230. The number of rotatable bonds is 10. The van der Waals surface area contributed by atoms with Crippen molar-refractivity contribution in [3.63, 3.8) is 0 Å². The third-order valence-electron chi connectivity index (χ3n) is 5.39. The van der Waals surface area contributed by atoms with Crippen LogP contribution in [-0.2, 0) is 11.2 Å². The summed E-state index contributed by atoms with van der Waals surface area (Å²) in [7, 11) is 1.58. The number of hydrogen-bond donors (Lipinski definition) is 1. The molecule has 35 heavy (non-hydrogen) atoms. The number of aliphatic imine (C=N–C) groups is 1. The zero-order valence-electron chi connectivity index (χ0n) is 19.7.